The van der Waals surface area contributed by atoms with Gasteiger partial charge in [-0.3, -0.25) is 0 Å². The van der Waals surface area contributed by atoms with Crippen LogP contribution in [0.4, 0.5) is 5.69 Å². The zero-order chi connectivity index (χ0) is 8.43. The third kappa shape index (κ3) is 2.07. The normalized spacial score (nSPS) is 13.0. The zero-order valence-corrected chi connectivity index (χ0v) is 8.50. The van der Waals surface area contributed by atoms with Crippen LogP contribution in [-0.4, -0.2) is 0 Å². The number of rotatable bonds is 1. The van der Waals surface area contributed by atoms with Crippen molar-refractivity contribution in [3.8, 4) is 0 Å². The molecule has 0 bridgehead atoms. The van der Waals surface area contributed by atoms with E-state index in [9.17, 15) is 0 Å². The Balaban J connectivity index is 3.13. The number of hydrogen-bond donors (Lipinski definition) is 2. The molecule has 1 aromatic rings. The van der Waals surface area contributed by atoms with Gasteiger partial charge in [0, 0.05) is 15.3 Å². The maximum absolute atomic E-state index is 5.71. The van der Waals surface area contributed by atoms with Crippen LogP contribution in [0.1, 0.15) is 18.5 Å². The summed E-state index contributed by atoms with van der Waals surface area (Å²) in [7, 11) is 0. The summed E-state index contributed by atoms with van der Waals surface area (Å²) in [5.74, 6) is 0. The van der Waals surface area contributed by atoms with Crippen molar-refractivity contribution in [2.45, 2.75) is 13.0 Å². The van der Waals surface area contributed by atoms with Crippen molar-refractivity contribution in [3.05, 3.63) is 27.3 Å². The quantitative estimate of drug-likeness (QED) is 0.599. The van der Waals surface area contributed by atoms with Gasteiger partial charge in [-0.05, 0) is 53.3 Å². The van der Waals surface area contributed by atoms with E-state index in [0.717, 1.165) is 11.3 Å². The molecule has 0 amide bonds. The van der Waals surface area contributed by atoms with Gasteiger partial charge in [-0.25, -0.2) is 0 Å². The first kappa shape index (κ1) is 8.80. The van der Waals surface area contributed by atoms with Gasteiger partial charge >= 0.3 is 0 Å². The van der Waals surface area contributed by atoms with Crippen molar-refractivity contribution in [1.82, 2.24) is 0 Å². The molecule has 0 aliphatic heterocycles. The number of halogens is 1. The van der Waals surface area contributed by atoms with Gasteiger partial charge in [0.25, 0.3) is 0 Å². The molecule has 0 heterocycles. The molecule has 0 spiro atoms. The van der Waals surface area contributed by atoms with E-state index in [1.807, 2.05) is 25.1 Å². The summed E-state index contributed by atoms with van der Waals surface area (Å²) in [5, 5.41) is 0. The molecule has 3 heteroatoms. The van der Waals surface area contributed by atoms with Gasteiger partial charge in [0.1, 0.15) is 0 Å². The van der Waals surface area contributed by atoms with E-state index in [2.05, 4.69) is 22.6 Å². The van der Waals surface area contributed by atoms with E-state index in [-0.39, 0.29) is 6.04 Å². The van der Waals surface area contributed by atoms with Crippen LogP contribution in [-0.2, 0) is 0 Å². The van der Waals surface area contributed by atoms with Gasteiger partial charge in [0.15, 0.2) is 0 Å². The molecule has 1 aromatic carbocycles. The number of benzene rings is 1. The smallest absolute Gasteiger partial charge is 0.0363 e. The SMILES string of the molecule is CC(N)c1cc(I)ccc1N. The van der Waals surface area contributed by atoms with Gasteiger partial charge in [0.05, 0.1) is 0 Å². The average Bonchev–Trinajstić information content (AvgIpc) is 1.94. The molecule has 11 heavy (non-hydrogen) atoms. The Hall–Kier alpha value is -0.290. The van der Waals surface area contributed by atoms with Crippen molar-refractivity contribution in [3.63, 3.8) is 0 Å². The average molecular weight is 262 g/mol. The Kier molecular flexibility index (Phi) is 2.72. The molecule has 60 valence electrons. The molecule has 0 fully saturated rings. The highest BCUT2D eigenvalue weighted by Crippen LogP contribution is 2.20. The molecule has 1 atom stereocenters. The van der Waals surface area contributed by atoms with Crippen LogP contribution in [0.15, 0.2) is 18.2 Å². The first-order valence-corrected chi connectivity index (χ1v) is 4.49. The Morgan fingerprint density at radius 3 is 2.55 bits per heavy atom. The summed E-state index contributed by atoms with van der Waals surface area (Å²) in [5.41, 5.74) is 13.2. The predicted octanol–water partition coefficient (Wildman–Crippen LogP) is 1.89. The van der Waals surface area contributed by atoms with Gasteiger partial charge in [-0.2, -0.15) is 0 Å². The highest BCUT2D eigenvalue weighted by Gasteiger charge is 2.03. The second-order valence-electron chi connectivity index (χ2n) is 2.56. The maximum atomic E-state index is 5.71. The largest absolute Gasteiger partial charge is 0.398 e. The monoisotopic (exact) mass is 262 g/mol. The molecular weight excluding hydrogens is 251 g/mol. The van der Waals surface area contributed by atoms with E-state index in [1.54, 1.807) is 0 Å². The Morgan fingerprint density at radius 2 is 2.09 bits per heavy atom. The van der Waals surface area contributed by atoms with Crippen LogP contribution in [0.2, 0.25) is 0 Å². The summed E-state index contributed by atoms with van der Waals surface area (Å²) >= 11 is 2.24. The van der Waals surface area contributed by atoms with Crippen LogP contribution in [0, 0.1) is 3.57 Å². The van der Waals surface area contributed by atoms with E-state index in [1.165, 1.54) is 3.57 Å². The summed E-state index contributed by atoms with van der Waals surface area (Å²) in [6.07, 6.45) is 0. The van der Waals surface area contributed by atoms with Crippen LogP contribution in [0.5, 0.6) is 0 Å². The summed E-state index contributed by atoms with van der Waals surface area (Å²) in [6.45, 7) is 1.93. The Bertz CT molecular complexity index is 258. The molecule has 0 aliphatic rings. The minimum absolute atomic E-state index is 0.0183. The first-order valence-electron chi connectivity index (χ1n) is 3.42. The van der Waals surface area contributed by atoms with Crippen molar-refractivity contribution in [1.29, 1.82) is 0 Å². The Morgan fingerprint density at radius 1 is 1.45 bits per heavy atom. The van der Waals surface area contributed by atoms with Crippen molar-refractivity contribution < 1.29 is 0 Å². The van der Waals surface area contributed by atoms with Crippen LogP contribution in [0.25, 0.3) is 0 Å². The van der Waals surface area contributed by atoms with Crippen LogP contribution >= 0.6 is 22.6 Å². The molecule has 0 aliphatic carbocycles. The lowest BCUT2D eigenvalue weighted by molar-refractivity contribution is 0.820. The fourth-order valence-electron chi connectivity index (χ4n) is 0.940. The number of anilines is 1. The minimum Gasteiger partial charge on any atom is -0.398 e. The van der Waals surface area contributed by atoms with E-state index < -0.39 is 0 Å². The third-order valence-corrected chi connectivity index (χ3v) is 2.21. The van der Waals surface area contributed by atoms with Gasteiger partial charge in [-0.15, -0.1) is 0 Å². The molecular formula is C8H11IN2. The van der Waals surface area contributed by atoms with Crippen LogP contribution < -0.4 is 11.5 Å². The third-order valence-electron chi connectivity index (χ3n) is 1.54. The predicted molar refractivity (Wildman–Crippen MR) is 56.2 cm³/mol. The van der Waals surface area contributed by atoms with E-state index in [0.29, 0.717) is 0 Å². The van der Waals surface area contributed by atoms with Gasteiger partial charge in [0.2, 0.25) is 0 Å². The maximum Gasteiger partial charge on any atom is 0.0363 e. The molecule has 1 unspecified atom stereocenters. The van der Waals surface area contributed by atoms with Crippen molar-refractivity contribution in [2.24, 2.45) is 5.73 Å². The molecule has 0 saturated carbocycles. The molecule has 2 nitrogen and oxygen atoms in total. The van der Waals surface area contributed by atoms with Crippen LogP contribution in [0.3, 0.4) is 0 Å². The van der Waals surface area contributed by atoms with E-state index in [4.69, 9.17) is 11.5 Å². The highest BCUT2D eigenvalue weighted by molar-refractivity contribution is 14.1. The Labute approximate surface area is 80.1 Å². The van der Waals surface area contributed by atoms with E-state index >= 15 is 0 Å². The number of nitrogen functional groups attached to an aromatic ring is 1. The summed E-state index contributed by atoms with van der Waals surface area (Å²) < 4.78 is 1.17. The lowest BCUT2D eigenvalue weighted by Gasteiger charge is -2.08. The molecule has 4 N–H and O–H groups in total. The summed E-state index contributed by atoms with van der Waals surface area (Å²) in [6, 6.07) is 5.90. The highest BCUT2D eigenvalue weighted by atomic mass is 127. The molecule has 0 aromatic heterocycles. The fraction of sp³-hybridized carbons (Fsp3) is 0.250. The number of nitrogens with two attached hydrogens (primary N) is 2. The molecule has 0 radical (unpaired) electrons. The standard InChI is InChI=1S/C8H11IN2/c1-5(10)7-4-6(9)2-3-8(7)11/h2-5H,10-11H2,1H3. The first-order chi connectivity index (χ1) is 5.11. The lowest BCUT2D eigenvalue weighted by atomic mass is 10.1. The second-order valence-corrected chi connectivity index (χ2v) is 3.81. The number of hydrogen-bond acceptors (Lipinski definition) is 2. The van der Waals surface area contributed by atoms with Crippen molar-refractivity contribution >= 4 is 28.3 Å². The second kappa shape index (κ2) is 3.40. The lowest BCUT2D eigenvalue weighted by Crippen LogP contribution is -2.08. The van der Waals surface area contributed by atoms with Gasteiger partial charge in [-0.1, -0.05) is 0 Å². The minimum atomic E-state index is 0.0183. The zero-order valence-electron chi connectivity index (χ0n) is 6.34. The topological polar surface area (TPSA) is 52.0 Å². The summed E-state index contributed by atoms with van der Waals surface area (Å²) in [4.78, 5) is 0. The molecule has 0 saturated heterocycles. The molecule has 1 rings (SSSR count). The fourth-order valence-corrected chi connectivity index (χ4v) is 1.46. The van der Waals surface area contributed by atoms with Gasteiger partial charge < -0.3 is 11.5 Å². The van der Waals surface area contributed by atoms with Crippen molar-refractivity contribution in [2.75, 3.05) is 5.73 Å².